The minimum absolute atomic E-state index is 0.211. The summed E-state index contributed by atoms with van der Waals surface area (Å²) in [6.07, 6.45) is 2.92. The standard InChI is InChI=1S/C26H26F2N6O/c1-16-15-33(2)9-10-34(16)19-6-5-18(30-13-19)4-3-17-12-32-23(24(27)28)21-14-31-22(11-20(17)21)26(7-8-26)25(29)35/h5-6,11-14,16,24H,7-10,15H2,1-2H3,(H2,29,35). The van der Waals surface area contributed by atoms with Gasteiger partial charge in [0.25, 0.3) is 6.43 Å². The monoisotopic (exact) mass is 476 g/mol. The van der Waals surface area contributed by atoms with Crippen molar-refractivity contribution < 1.29 is 13.6 Å². The van der Waals surface area contributed by atoms with Crippen molar-refractivity contribution in [1.29, 1.82) is 0 Å². The van der Waals surface area contributed by atoms with Gasteiger partial charge >= 0.3 is 0 Å². The van der Waals surface area contributed by atoms with Crippen LogP contribution in [0, 0.1) is 11.8 Å². The fraction of sp³-hybridized carbons (Fsp3) is 0.385. The van der Waals surface area contributed by atoms with Crippen LogP contribution < -0.4 is 10.6 Å². The normalized spacial score (nSPS) is 19.5. The molecule has 2 aliphatic rings. The summed E-state index contributed by atoms with van der Waals surface area (Å²) in [5, 5.41) is 0.686. The van der Waals surface area contributed by atoms with Crippen molar-refractivity contribution in [2.24, 2.45) is 5.73 Å². The predicted molar refractivity (Wildman–Crippen MR) is 129 cm³/mol. The number of hydrogen-bond donors (Lipinski definition) is 1. The Labute approximate surface area is 202 Å². The van der Waals surface area contributed by atoms with Crippen LogP contribution in [0.15, 0.2) is 36.8 Å². The summed E-state index contributed by atoms with van der Waals surface area (Å²) in [7, 11) is 2.12. The number of anilines is 1. The fourth-order valence-corrected chi connectivity index (χ4v) is 4.73. The number of likely N-dealkylation sites (N-methyl/N-ethyl adjacent to an activating group) is 1. The number of carbonyl (C=O) groups excluding carboxylic acids is 1. The van der Waals surface area contributed by atoms with E-state index in [0.717, 1.165) is 25.3 Å². The molecule has 2 N–H and O–H groups in total. The molecular formula is C26H26F2N6O. The Bertz CT molecular complexity index is 1340. The van der Waals surface area contributed by atoms with E-state index in [1.807, 2.05) is 18.3 Å². The average Bonchev–Trinajstić information content (AvgIpc) is 3.65. The molecular weight excluding hydrogens is 450 g/mol. The first kappa shape index (κ1) is 23.1. The second kappa shape index (κ2) is 8.86. The molecule has 5 rings (SSSR count). The van der Waals surface area contributed by atoms with Crippen molar-refractivity contribution in [3.63, 3.8) is 0 Å². The molecule has 7 nitrogen and oxygen atoms in total. The van der Waals surface area contributed by atoms with Gasteiger partial charge in [-0.15, -0.1) is 0 Å². The maximum absolute atomic E-state index is 13.6. The quantitative estimate of drug-likeness (QED) is 0.583. The van der Waals surface area contributed by atoms with E-state index in [2.05, 4.69) is 50.6 Å². The van der Waals surface area contributed by atoms with E-state index < -0.39 is 17.7 Å². The van der Waals surface area contributed by atoms with Gasteiger partial charge in [0.1, 0.15) is 11.4 Å². The van der Waals surface area contributed by atoms with Crippen molar-refractivity contribution >= 4 is 22.4 Å². The molecule has 1 aliphatic heterocycles. The number of primary amides is 1. The first-order valence-electron chi connectivity index (χ1n) is 11.6. The lowest BCUT2D eigenvalue weighted by molar-refractivity contribution is -0.120. The number of piperazine rings is 1. The molecule has 1 saturated heterocycles. The Morgan fingerprint density at radius 2 is 1.91 bits per heavy atom. The molecule has 9 heteroatoms. The van der Waals surface area contributed by atoms with Gasteiger partial charge in [0.15, 0.2) is 0 Å². The van der Waals surface area contributed by atoms with E-state index >= 15 is 0 Å². The number of hydrogen-bond acceptors (Lipinski definition) is 6. The number of fused-ring (bicyclic) bond motifs is 1. The Balaban J connectivity index is 1.48. The number of halogens is 2. The van der Waals surface area contributed by atoms with Crippen molar-refractivity contribution in [3.05, 3.63) is 59.4 Å². The molecule has 1 unspecified atom stereocenters. The maximum atomic E-state index is 13.6. The highest BCUT2D eigenvalue weighted by Crippen LogP contribution is 2.47. The van der Waals surface area contributed by atoms with E-state index in [0.29, 0.717) is 41.2 Å². The molecule has 3 aromatic rings. The summed E-state index contributed by atoms with van der Waals surface area (Å²) in [4.78, 5) is 29.3. The topological polar surface area (TPSA) is 88.2 Å². The average molecular weight is 477 g/mol. The SMILES string of the molecule is CC1CN(C)CCN1c1ccc(C#Cc2cnc(C(F)F)c3cnc(C4(C(N)=O)CC4)cc23)nc1. The summed E-state index contributed by atoms with van der Waals surface area (Å²) in [5.41, 5.74) is 6.95. The molecule has 180 valence electrons. The second-order valence-corrected chi connectivity index (χ2v) is 9.38. The van der Waals surface area contributed by atoms with Gasteiger partial charge in [-0.05, 0) is 50.9 Å². The minimum Gasteiger partial charge on any atom is -0.369 e. The van der Waals surface area contributed by atoms with Gasteiger partial charge in [-0.3, -0.25) is 14.8 Å². The zero-order valence-corrected chi connectivity index (χ0v) is 19.6. The fourth-order valence-electron chi connectivity index (χ4n) is 4.73. The molecule has 1 saturated carbocycles. The first-order chi connectivity index (χ1) is 16.8. The molecule has 3 aromatic heterocycles. The number of nitrogens with two attached hydrogens (primary N) is 1. The van der Waals surface area contributed by atoms with E-state index in [1.54, 1.807) is 6.07 Å². The molecule has 1 aliphatic carbocycles. The number of alkyl halides is 2. The number of aromatic nitrogens is 3. The third kappa shape index (κ3) is 4.30. The van der Waals surface area contributed by atoms with E-state index in [-0.39, 0.29) is 11.1 Å². The van der Waals surface area contributed by atoms with Crippen LogP contribution in [0.2, 0.25) is 0 Å². The Hall–Kier alpha value is -3.64. The van der Waals surface area contributed by atoms with Crippen LogP contribution in [0.5, 0.6) is 0 Å². The molecule has 1 amide bonds. The van der Waals surface area contributed by atoms with Crippen LogP contribution in [-0.4, -0.2) is 58.5 Å². The Kier molecular flexibility index (Phi) is 5.85. The Morgan fingerprint density at radius 3 is 2.54 bits per heavy atom. The van der Waals surface area contributed by atoms with E-state index in [9.17, 15) is 13.6 Å². The van der Waals surface area contributed by atoms with Crippen LogP contribution in [0.4, 0.5) is 14.5 Å². The highest BCUT2D eigenvalue weighted by molar-refractivity contribution is 5.93. The van der Waals surface area contributed by atoms with Crippen LogP contribution in [0.3, 0.4) is 0 Å². The highest BCUT2D eigenvalue weighted by atomic mass is 19.3. The van der Waals surface area contributed by atoms with Crippen molar-refractivity contribution in [2.45, 2.75) is 37.6 Å². The lowest BCUT2D eigenvalue weighted by atomic mass is 9.97. The van der Waals surface area contributed by atoms with Gasteiger partial charge in [0, 0.05) is 48.8 Å². The number of nitrogens with zero attached hydrogens (tertiary/aromatic N) is 5. The van der Waals surface area contributed by atoms with Gasteiger partial charge in [-0.25, -0.2) is 13.8 Å². The zero-order valence-electron chi connectivity index (χ0n) is 19.6. The third-order valence-corrected chi connectivity index (χ3v) is 6.96. The maximum Gasteiger partial charge on any atom is 0.281 e. The molecule has 0 spiro atoms. The molecule has 0 radical (unpaired) electrons. The highest BCUT2D eigenvalue weighted by Gasteiger charge is 2.51. The van der Waals surface area contributed by atoms with Crippen LogP contribution in [-0.2, 0) is 10.2 Å². The molecule has 0 bridgehead atoms. The summed E-state index contributed by atoms with van der Waals surface area (Å²) < 4.78 is 27.2. The first-order valence-corrected chi connectivity index (χ1v) is 11.6. The van der Waals surface area contributed by atoms with E-state index in [4.69, 9.17) is 5.73 Å². The van der Waals surface area contributed by atoms with Crippen molar-refractivity contribution in [3.8, 4) is 11.8 Å². The van der Waals surface area contributed by atoms with E-state index in [1.165, 1.54) is 12.4 Å². The van der Waals surface area contributed by atoms with Gasteiger partial charge in [-0.2, -0.15) is 0 Å². The van der Waals surface area contributed by atoms with Crippen LogP contribution in [0.25, 0.3) is 10.8 Å². The predicted octanol–water partition coefficient (Wildman–Crippen LogP) is 3.02. The molecule has 35 heavy (non-hydrogen) atoms. The smallest absolute Gasteiger partial charge is 0.281 e. The number of carbonyl (C=O) groups is 1. The third-order valence-electron chi connectivity index (χ3n) is 6.96. The number of pyridine rings is 3. The minimum atomic E-state index is -2.76. The number of amides is 1. The molecule has 4 heterocycles. The van der Waals surface area contributed by atoms with Crippen LogP contribution in [0.1, 0.15) is 48.8 Å². The molecule has 2 fully saturated rings. The van der Waals surface area contributed by atoms with Gasteiger partial charge in [0.2, 0.25) is 5.91 Å². The lowest BCUT2D eigenvalue weighted by Gasteiger charge is -2.39. The summed E-state index contributed by atoms with van der Waals surface area (Å²) in [6, 6.07) is 5.89. The van der Waals surface area contributed by atoms with Crippen molar-refractivity contribution in [2.75, 3.05) is 31.6 Å². The summed E-state index contributed by atoms with van der Waals surface area (Å²) in [6.45, 7) is 5.11. The summed E-state index contributed by atoms with van der Waals surface area (Å²) >= 11 is 0. The second-order valence-electron chi connectivity index (χ2n) is 9.38. The Morgan fingerprint density at radius 1 is 1.11 bits per heavy atom. The van der Waals surface area contributed by atoms with Crippen molar-refractivity contribution in [1.82, 2.24) is 19.9 Å². The van der Waals surface area contributed by atoms with Crippen LogP contribution >= 0.6 is 0 Å². The molecule has 0 aromatic carbocycles. The van der Waals surface area contributed by atoms with Gasteiger partial charge in [0.05, 0.1) is 28.6 Å². The molecule has 1 atom stereocenters. The zero-order chi connectivity index (χ0) is 24.7. The largest absolute Gasteiger partial charge is 0.369 e. The van der Waals surface area contributed by atoms with Gasteiger partial charge < -0.3 is 15.5 Å². The number of rotatable bonds is 4. The lowest BCUT2D eigenvalue weighted by Crippen LogP contribution is -2.50. The van der Waals surface area contributed by atoms with Gasteiger partial charge in [-0.1, -0.05) is 5.92 Å². The summed E-state index contributed by atoms with van der Waals surface area (Å²) in [5.74, 6) is 5.59.